The molecule has 1 atom stereocenters. The molecule has 7 nitrogen and oxygen atoms in total. The summed E-state index contributed by atoms with van der Waals surface area (Å²) in [5.74, 6) is 0.877. The summed E-state index contributed by atoms with van der Waals surface area (Å²) in [5, 5.41) is 4.93. The number of likely N-dealkylation sites (tertiary alicyclic amines) is 1. The Kier molecular flexibility index (Phi) is 7.07. The van der Waals surface area contributed by atoms with Crippen LogP contribution in [0.1, 0.15) is 36.3 Å². The first-order valence-corrected chi connectivity index (χ1v) is 11.5. The van der Waals surface area contributed by atoms with Crippen LogP contribution in [0.4, 0.5) is 4.79 Å². The van der Waals surface area contributed by atoms with Gasteiger partial charge in [0.25, 0.3) is 0 Å². The second-order valence-electron chi connectivity index (χ2n) is 7.93. The molecule has 0 bridgehead atoms. The van der Waals surface area contributed by atoms with E-state index in [2.05, 4.69) is 11.4 Å². The zero-order chi connectivity index (χ0) is 20.8. The minimum absolute atomic E-state index is 0.0412. The van der Waals surface area contributed by atoms with E-state index in [-0.39, 0.29) is 24.0 Å². The first-order chi connectivity index (χ1) is 14.7. The SMILES string of the molecule is O=C(NCc1ccco1)N1CCC(C(=O)N(Cc2cccs2)C[C@@H]2CCCO2)CC1. The standard InChI is InChI=1S/C22H29N3O4S/c26-21(25(15-19-5-2-12-29-19)16-20-6-3-13-30-20)17-7-9-24(10-8-17)22(27)23-14-18-4-1-11-28-18/h1,3-4,6,11,13,17,19H,2,5,7-10,12,14-16H2,(H,23,27)/t19-/m0/s1. The molecule has 2 aromatic rings. The normalized spacial score (nSPS) is 19.7. The van der Waals surface area contributed by atoms with Gasteiger partial charge < -0.3 is 24.3 Å². The van der Waals surface area contributed by atoms with Crippen LogP contribution in [0.5, 0.6) is 0 Å². The van der Waals surface area contributed by atoms with Crippen molar-refractivity contribution in [3.8, 4) is 0 Å². The van der Waals surface area contributed by atoms with Crippen LogP contribution < -0.4 is 5.32 Å². The molecular weight excluding hydrogens is 402 g/mol. The van der Waals surface area contributed by atoms with Crippen LogP contribution in [0.3, 0.4) is 0 Å². The maximum Gasteiger partial charge on any atom is 0.317 e. The van der Waals surface area contributed by atoms with E-state index in [9.17, 15) is 9.59 Å². The molecule has 2 aromatic heterocycles. The molecule has 8 heteroatoms. The van der Waals surface area contributed by atoms with Gasteiger partial charge in [0.15, 0.2) is 0 Å². The number of hydrogen-bond acceptors (Lipinski definition) is 5. The lowest BCUT2D eigenvalue weighted by Crippen LogP contribution is -2.48. The summed E-state index contributed by atoms with van der Waals surface area (Å²) in [6.45, 7) is 3.64. The van der Waals surface area contributed by atoms with Gasteiger partial charge >= 0.3 is 6.03 Å². The minimum Gasteiger partial charge on any atom is -0.467 e. The van der Waals surface area contributed by atoms with Gasteiger partial charge in [-0.25, -0.2) is 4.79 Å². The summed E-state index contributed by atoms with van der Waals surface area (Å²) in [6, 6.07) is 7.63. The lowest BCUT2D eigenvalue weighted by molar-refractivity contribution is -0.139. The highest BCUT2D eigenvalue weighted by atomic mass is 32.1. The van der Waals surface area contributed by atoms with Crippen molar-refractivity contribution in [1.82, 2.24) is 15.1 Å². The molecule has 0 aliphatic carbocycles. The molecular formula is C22H29N3O4S. The number of amides is 3. The van der Waals surface area contributed by atoms with E-state index in [1.54, 1.807) is 28.6 Å². The third-order valence-corrected chi connectivity index (χ3v) is 6.67. The van der Waals surface area contributed by atoms with E-state index in [0.717, 1.165) is 25.2 Å². The predicted molar refractivity (Wildman–Crippen MR) is 114 cm³/mol. The van der Waals surface area contributed by atoms with E-state index in [0.29, 0.717) is 45.6 Å². The van der Waals surface area contributed by atoms with Crippen LogP contribution in [0.15, 0.2) is 40.3 Å². The quantitative estimate of drug-likeness (QED) is 0.728. The molecule has 30 heavy (non-hydrogen) atoms. The maximum atomic E-state index is 13.3. The van der Waals surface area contributed by atoms with Crippen molar-refractivity contribution in [3.63, 3.8) is 0 Å². The highest BCUT2D eigenvalue weighted by Crippen LogP contribution is 2.24. The maximum absolute atomic E-state index is 13.3. The van der Waals surface area contributed by atoms with Crippen molar-refractivity contribution < 1.29 is 18.7 Å². The lowest BCUT2D eigenvalue weighted by Gasteiger charge is -2.35. The number of furan rings is 1. The fourth-order valence-electron chi connectivity index (χ4n) is 4.13. The molecule has 4 rings (SSSR count). The van der Waals surface area contributed by atoms with E-state index in [1.165, 1.54) is 4.88 Å². The number of piperidine rings is 1. The van der Waals surface area contributed by atoms with E-state index >= 15 is 0 Å². The molecule has 0 radical (unpaired) electrons. The summed E-state index contributed by atoms with van der Waals surface area (Å²) in [6.07, 6.45) is 5.21. The molecule has 1 N–H and O–H groups in total. The number of urea groups is 1. The average molecular weight is 432 g/mol. The van der Waals surface area contributed by atoms with Gasteiger partial charge in [-0.3, -0.25) is 4.79 Å². The van der Waals surface area contributed by atoms with Crippen LogP contribution in [-0.2, 0) is 22.6 Å². The first-order valence-electron chi connectivity index (χ1n) is 10.7. The van der Waals surface area contributed by atoms with Crippen molar-refractivity contribution in [3.05, 3.63) is 46.5 Å². The van der Waals surface area contributed by atoms with Gasteiger partial charge in [0.1, 0.15) is 5.76 Å². The summed E-state index contributed by atoms with van der Waals surface area (Å²) < 4.78 is 11.0. The summed E-state index contributed by atoms with van der Waals surface area (Å²) in [4.78, 5) is 30.7. The number of rotatable bonds is 7. The predicted octanol–water partition coefficient (Wildman–Crippen LogP) is 3.47. The van der Waals surface area contributed by atoms with Gasteiger partial charge in [-0.1, -0.05) is 6.07 Å². The number of carbonyl (C=O) groups excluding carboxylic acids is 2. The Bertz CT molecular complexity index is 794. The number of nitrogens with zero attached hydrogens (tertiary/aromatic N) is 2. The van der Waals surface area contributed by atoms with E-state index < -0.39 is 0 Å². The lowest BCUT2D eigenvalue weighted by atomic mass is 9.95. The smallest absolute Gasteiger partial charge is 0.317 e. The Morgan fingerprint density at radius 1 is 1.20 bits per heavy atom. The van der Waals surface area contributed by atoms with Crippen molar-refractivity contribution in [1.29, 1.82) is 0 Å². The zero-order valence-electron chi connectivity index (χ0n) is 17.1. The molecule has 2 aliphatic rings. The van der Waals surface area contributed by atoms with Crippen molar-refractivity contribution in [2.24, 2.45) is 5.92 Å². The number of hydrogen-bond donors (Lipinski definition) is 1. The van der Waals surface area contributed by atoms with Crippen LogP contribution in [0, 0.1) is 5.92 Å². The molecule has 2 aliphatic heterocycles. The van der Waals surface area contributed by atoms with Crippen LogP contribution >= 0.6 is 11.3 Å². The molecule has 0 unspecified atom stereocenters. The fourth-order valence-corrected chi connectivity index (χ4v) is 4.85. The topological polar surface area (TPSA) is 75.0 Å². The molecule has 0 aromatic carbocycles. The molecule has 0 saturated carbocycles. The minimum atomic E-state index is -0.105. The van der Waals surface area contributed by atoms with Crippen LogP contribution in [0.2, 0.25) is 0 Å². The Balaban J connectivity index is 1.29. The largest absolute Gasteiger partial charge is 0.467 e. The number of nitrogens with one attached hydrogen (secondary N) is 1. The van der Waals surface area contributed by atoms with Crippen LogP contribution in [0.25, 0.3) is 0 Å². The van der Waals surface area contributed by atoms with Crippen molar-refractivity contribution in [2.75, 3.05) is 26.2 Å². The van der Waals surface area contributed by atoms with Gasteiger partial charge in [-0.05, 0) is 49.3 Å². The third kappa shape index (κ3) is 5.43. The Morgan fingerprint density at radius 3 is 2.73 bits per heavy atom. The van der Waals surface area contributed by atoms with Crippen molar-refractivity contribution >= 4 is 23.3 Å². The first kappa shape index (κ1) is 20.9. The van der Waals surface area contributed by atoms with Gasteiger partial charge in [0.2, 0.25) is 5.91 Å². The zero-order valence-corrected chi connectivity index (χ0v) is 17.9. The highest BCUT2D eigenvalue weighted by molar-refractivity contribution is 7.09. The number of ether oxygens (including phenoxy) is 1. The molecule has 2 saturated heterocycles. The molecule has 2 fully saturated rings. The van der Waals surface area contributed by atoms with Gasteiger partial charge in [0, 0.05) is 37.0 Å². The van der Waals surface area contributed by atoms with Gasteiger partial charge in [-0.15, -0.1) is 11.3 Å². The Morgan fingerprint density at radius 2 is 2.07 bits per heavy atom. The highest BCUT2D eigenvalue weighted by Gasteiger charge is 2.32. The van der Waals surface area contributed by atoms with Gasteiger partial charge in [-0.2, -0.15) is 0 Å². The second-order valence-corrected chi connectivity index (χ2v) is 8.96. The van der Waals surface area contributed by atoms with E-state index in [1.807, 2.05) is 22.4 Å². The third-order valence-electron chi connectivity index (χ3n) is 5.81. The van der Waals surface area contributed by atoms with Crippen molar-refractivity contribution in [2.45, 2.75) is 44.9 Å². The molecule has 3 amide bonds. The van der Waals surface area contributed by atoms with E-state index in [4.69, 9.17) is 9.15 Å². The van der Waals surface area contributed by atoms with Gasteiger partial charge in [0.05, 0.1) is 25.5 Å². The summed E-state index contributed by atoms with van der Waals surface area (Å²) in [5.41, 5.74) is 0. The summed E-state index contributed by atoms with van der Waals surface area (Å²) >= 11 is 1.68. The second kappa shape index (κ2) is 10.1. The number of thiophene rings is 1. The summed E-state index contributed by atoms with van der Waals surface area (Å²) in [7, 11) is 0. The molecule has 4 heterocycles. The van der Waals surface area contributed by atoms with Crippen LogP contribution in [-0.4, -0.2) is 54.1 Å². The Hall–Kier alpha value is -2.32. The number of carbonyl (C=O) groups is 2. The fraction of sp³-hybridized carbons (Fsp3) is 0.545. The average Bonchev–Trinajstić information content (AvgIpc) is 3.55. The molecule has 0 spiro atoms. The molecule has 162 valence electrons. The Labute approximate surface area is 181 Å². The monoisotopic (exact) mass is 431 g/mol.